The molecule has 0 atom stereocenters. The van der Waals surface area contributed by atoms with Gasteiger partial charge in [0, 0.05) is 11.2 Å². The van der Waals surface area contributed by atoms with Gasteiger partial charge in [-0.2, -0.15) is 13.2 Å². The minimum Gasteiger partial charge on any atom is -0.480 e. The van der Waals surface area contributed by atoms with Crippen LogP contribution in [0.3, 0.4) is 0 Å². The number of nitrogens with zero attached hydrogens (tertiary/aromatic N) is 1. The first-order valence-corrected chi connectivity index (χ1v) is 9.74. The number of alkyl halides is 3. The molecule has 3 rings (SSSR count). The highest BCUT2D eigenvalue weighted by molar-refractivity contribution is 7.94. The van der Waals surface area contributed by atoms with Gasteiger partial charge in [0.2, 0.25) is 0 Å². The summed E-state index contributed by atoms with van der Waals surface area (Å²) >= 11 is 5.64. The predicted molar refractivity (Wildman–Crippen MR) is 96.0 cm³/mol. The van der Waals surface area contributed by atoms with Crippen molar-refractivity contribution in [2.45, 2.75) is 28.7 Å². The SMILES string of the molecule is NC(=O)c1ccc(C(F)(F)F)cn1.O=C(O)C1(S(=O)(=O)c2ccc(Cl)cc2)CC1. The Balaban J connectivity index is 0.000000212. The Labute approximate surface area is 168 Å². The fraction of sp³-hybridized carbons (Fsp3) is 0.235. The van der Waals surface area contributed by atoms with Gasteiger partial charge in [-0.1, -0.05) is 11.6 Å². The molecule has 0 saturated heterocycles. The van der Waals surface area contributed by atoms with Crippen LogP contribution < -0.4 is 5.73 Å². The van der Waals surface area contributed by atoms with Gasteiger partial charge in [-0.3, -0.25) is 14.6 Å². The molecule has 1 fully saturated rings. The van der Waals surface area contributed by atoms with Crippen molar-refractivity contribution in [1.82, 2.24) is 4.98 Å². The largest absolute Gasteiger partial charge is 0.480 e. The number of aliphatic carboxylic acids is 1. The number of aromatic nitrogens is 1. The Morgan fingerprint density at radius 3 is 2.00 bits per heavy atom. The number of benzene rings is 1. The molecule has 1 aliphatic carbocycles. The van der Waals surface area contributed by atoms with Crippen molar-refractivity contribution in [1.29, 1.82) is 0 Å². The van der Waals surface area contributed by atoms with E-state index in [0.717, 1.165) is 12.1 Å². The van der Waals surface area contributed by atoms with Crippen LogP contribution in [0, 0.1) is 0 Å². The van der Waals surface area contributed by atoms with Crippen LogP contribution in [0.1, 0.15) is 28.9 Å². The molecule has 1 amide bonds. The van der Waals surface area contributed by atoms with Crippen molar-refractivity contribution in [3.05, 3.63) is 58.9 Å². The second-order valence-corrected chi connectivity index (χ2v) is 8.75. The minimum absolute atomic E-state index is 0.0109. The minimum atomic E-state index is -4.44. The predicted octanol–water partition coefficient (Wildman–Crippen LogP) is 2.93. The molecule has 156 valence electrons. The highest BCUT2D eigenvalue weighted by atomic mass is 35.5. The molecule has 0 radical (unpaired) electrons. The van der Waals surface area contributed by atoms with Crippen LogP contribution in [0.4, 0.5) is 13.2 Å². The van der Waals surface area contributed by atoms with Crippen LogP contribution in [0.5, 0.6) is 0 Å². The van der Waals surface area contributed by atoms with Crippen LogP contribution in [0.15, 0.2) is 47.5 Å². The highest BCUT2D eigenvalue weighted by Crippen LogP contribution is 2.47. The monoisotopic (exact) mass is 450 g/mol. The maximum atomic E-state index is 12.0. The lowest BCUT2D eigenvalue weighted by atomic mass is 10.2. The maximum Gasteiger partial charge on any atom is 0.417 e. The van der Waals surface area contributed by atoms with E-state index in [9.17, 15) is 31.2 Å². The fourth-order valence-electron chi connectivity index (χ4n) is 2.26. The fourth-order valence-corrected chi connectivity index (χ4v) is 4.20. The number of primary amides is 1. The van der Waals surface area contributed by atoms with Crippen molar-refractivity contribution in [3.63, 3.8) is 0 Å². The number of carboxylic acids is 1. The third-order valence-corrected chi connectivity index (χ3v) is 6.83. The van der Waals surface area contributed by atoms with Gasteiger partial charge >= 0.3 is 12.1 Å². The number of nitrogens with two attached hydrogens (primary N) is 1. The van der Waals surface area contributed by atoms with Crippen LogP contribution in [-0.2, 0) is 20.8 Å². The van der Waals surface area contributed by atoms with Crippen LogP contribution in [-0.4, -0.2) is 35.1 Å². The van der Waals surface area contributed by atoms with Crippen molar-refractivity contribution in [2.24, 2.45) is 5.73 Å². The van der Waals surface area contributed by atoms with E-state index in [2.05, 4.69) is 4.98 Å². The number of carbonyl (C=O) groups is 2. The number of hydrogen-bond donors (Lipinski definition) is 2. The third-order valence-electron chi connectivity index (χ3n) is 4.08. The van der Waals surface area contributed by atoms with Crippen molar-refractivity contribution in [3.8, 4) is 0 Å². The molecule has 3 N–H and O–H groups in total. The van der Waals surface area contributed by atoms with Gasteiger partial charge in [0.25, 0.3) is 5.91 Å². The number of carbonyl (C=O) groups excluding carboxylic acids is 1. The van der Waals surface area contributed by atoms with E-state index in [1.807, 2.05) is 0 Å². The summed E-state index contributed by atoms with van der Waals surface area (Å²) in [5.74, 6) is -2.13. The molecule has 1 aliphatic rings. The van der Waals surface area contributed by atoms with Gasteiger partial charge < -0.3 is 10.8 Å². The first-order valence-electron chi connectivity index (χ1n) is 7.88. The Bertz CT molecular complexity index is 1020. The van der Waals surface area contributed by atoms with E-state index in [0.29, 0.717) is 11.2 Å². The van der Waals surface area contributed by atoms with Crippen LogP contribution in [0.25, 0.3) is 0 Å². The number of hydrogen-bond acceptors (Lipinski definition) is 5. The summed E-state index contributed by atoms with van der Waals surface area (Å²) in [7, 11) is -3.80. The number of halogens is 4. The highest BCUT2D eigenvalue weighted by Gasteiger charge is 2.61. The Kier molecular flexibility index (Phi) is 6.24. The number of rotatable bonds is 4. The zero-order valence-electron chi connectivity index (χ0n) is 14.5. The zero-order chi connectivity index (χ0) is 22.0. The molecule has 29 heavy (non-hydrogen) atoms. The Morgan fingerprint density at radius 1 is 1.10 bits per heavy atom. The maximum absolute atomic E-state index is 12.0. The molecule has 7 nitrogen and oxygen atoms in total. The van der Waals surface area contributed by atoms with E-state index < -0.39 is 38.2 Å². The number of pyridine rings is 1. The number of sulfone groups is 1. The summed E-state index contributed by atoms with van der Waals surface area (Å²) < 4.78 is 58.4. The standard InChI is InChI=1S/C10H9ClO4S.C7H5F3N2O/c11-7-1-3-8(4-2-7)16(14,15)10(5-6-10)9(12)13;8-7(9,10)4-1-2-5(6(11)13)12-3-4/h1-4H,5-6H2,(H,12,13);1-3H,(H2,11,13). The molecule has 1 aromatic heterocycles. The zero-order valence-corrected chi connectivity index (χ0v) is 16.1. The summed E-state index contributed by atoms with van der Waals surface area (Å²) in [6, 6.07) is 7.23. The number of amides is 1. The van der Waals surface area contributed by atoms with Gasteiger partial charge in [-0.15, -0.1) is 0 Å². The Hall–Kier alpha value is -2.66. The summed E-state index contributed by atoms with van der Waals surface area (Å²) in [4.78, 5) is 24.7. The van der Waals surface area contributed by atoms with E-state index in [-0.39, 0.29) is 23.4 Å². The Morgan fingerprint density at radius 2 is 1.66 bits per heavy atom. The smallest absolute Gasteiger partial charge is 0.417 e. The lowest BCUT2D eigenvalue weighted by molar-refractivity contribution is -0.138. The molecule has 1 aromatic carbocycles. The molecule has 1 saturated carbocycles. The van der Waals surface area contributed by atoms with E-state index in [1.54, 1.807) is 0 Å². The van der Waals surface area contributed by atoms with Crippen LogP contribution in [0.2, 0.25) is 5.02 Å². The third kappa shape index (κ3) is 4.85. The molecular weight excluding hydrogens is 437 g/mol. The average molecular weight is 451 g/mol. The number of carboxylic acid groups (broad SMARTS) is 1. The summed E-state index contributed by atoms with van der Waals surface area (Å²) in [5.41, 5.74) is 3.70. The topological polar surface area (TPSA) is 127 Å². The lowest BCUT2D eigenvalue weighted by Crippen LogP contribution is -2.32. The molecule has 0 spiro atoms. The average Bonchev–Trinajstić information content (AvgIpc) is 3.44. The molecular formula is C17H14ClF3N2O5S. The normalized spacial score (nSPS) is 15.0. The molecule has 2 aromatic rings. The second kappa shape index (κ2) is 7.99. The first kappa shape index (κ1) is 22.6. The summed E-state index contributed by atoms with van der Waals surface area (Å²) in [6.07, 6.45) is -3.52. The van der Waals surface area contributed by atoms with E-state index >= 15 is 0 Å². The van der Waals surface area contributed by atoms with Gasteiger partial charge in [0.1, 0.15) is 5.69 Å². The van der Waals surface area contributed by atoms with Gasteiger partial charge in [-0.05, 0) is 49.2 Å². The quantitative estimate of drug-likeness (QED) is 0.737. The van der Waals surface area contributed by atoms with Gasteiger partial charge in [0.15, 0.2) is 14.6 Å². The van der Waals surface area contributed by atoms with Crippen molar-refractivity contribution >= 4 is 33.3 Å². The summed E-state index contributed by atoms with van der Waals surface area (Å²) in [6.45, 7) is 0. The molecule has 12 heteroatoms. The lowest BCUT2D eigenvalue weighted by Gasteiger charge is -2.11. The van der Waals surface area contributed by atoms with Gasteiger partial charge in [-0.25, -0.2) is 8.42 Å². The van der Waals surface area contributed by atoms with Crippen molar-refractivity contribution < 1.29 is 36.3 Å². The molecule has 1 heterocycles. The molecule has 0 aliphatic heterocycles. The van der Waals surface area contributed by atoms with Gasteiger partial charge in [0.05, 0.1) is 10.5 Å². The second-order valence-electron chi connectivity index (χ2n) is 6.05. The first-order chi connectivity index (χ1) is 13.3. The summed E-state index contributed by atoms with van der Waals surface area (Å²) in [5, 5.41) is 9.37. The van der Waals surface area contributed by atoms with E-state index in [4.69, 9.17) is 22.4 Å². The molecule has 0 unspecified atom stereocenters. The van der Waals surface area contributed by atoms with Crippen molar-refractivity contribution in [2.75, 3.05) is 0 Å². The van der Waals surface area contributed by atoms with Crippen LogP contribution >= 0.6 is 11.6 Å². The molecule has 0 bridgehead atoms. The van der Waals surface area contributed by atoms with E-state index in [1.165, 1.54) is 24.3 Å².